The van der Waals surface area contributed by atoms with Gasteiger partial charge in [-0.25, -0.2) is 4.90 Å². The van der Waals surface area contributed by atoms with Crippen LogP contribution in [0.4, 0.5) is 11.4 Å². The second-order valence-corrected chi connectivity index (χ2v) is 8.30. The van der Waals surface area contributed by atoms with Gasteiger partial charge in [0.25, 0.3) is 17.7 Å². The normalized spacial score (nSPS) is 13.5. The number of rotatable bonds is 6. The Labute approximate surface area is 204 Å². The van der Waals surface area contributed by atoms with Crippen LogP contribution in [-0.4, -0.2) is 17.7 Å². The van der Waals surface area contributed by atoms with Crippen LogP contribution in [0, 0.1) is 0 Å². The molecule has 0 aromatic heterocycles. The summed E-state index contributed by atoms with van der Waals surface area (Å²) in [6.07, 6.45) is 0. The van der Waals surface area contributed by atoms with Crippen LogP contribution in [0.2, 0.25) is 10.0 Å². The minimum absolute atomic E-state index is 0.102. The van der Waals surface area contributed by atoms with Gasteiger partial charge in [0, 0.05) is 17.8 Å². The topological polar surface area (TPSA) is 78.5 Å². The van der Waals surface area contributed by atoms with Gasteiger partial charge in [-0.15, -0.1) is 0 Å². The number of benzene rings is 3. The minimum atomic E-state index is -0.695. The number of hydrogen-bond acceptors (Lipinski definition) is 4. The number of amides is 3. The lowest BCUT2D eigenvalue weighted by molar-refractivity contribution is -0.120. The zero-order chi connectivity index (χ0) is 23.5. The van der Waals surface area contributed by atoms with Gasteiger partial charge in [0.15, 0.2) is 0 Å². The van der Waals surface area contributed by atoms with Crippen LogP contribution in [0.5, 0.6) is 0 Å². The second-order valence-electron chi connectivity index (χ2n) is 7.11. The first-order valence-electron chi connectivity index (χ1n) is 9.78. The zero-order valence-corrected chi connectivity index (χ0v) is 19.2. The summed E-state index contributed by atoms with van der Waals surface area (Å²) in [5.74, 6) is -1.63. The van der Waals surface area contributed by atoms with Crippen LogP contribution in [0.1, 0.15) is 15.9 Å². The summed E-state index contributed by atoms with van der Waals surface area (Å²) in [6.45, 7) is 0.375. The molecule has 0 unspecified atom stereocenters. The maximum absolute atomic E-state index is 13.0. The molecule has 166 valence electrons. The lowest BCUT2D eigenvalue weighted by atomic mass is 10.1. The van der Waals surface area contributed by atoms with Gasteiger partial charge < -0.3 is 10.6 Å². The highest BCUT2D eigenvalue weighted by molar-refractivity contribution is 6.53. The fraction of sp³-hybridized carbons (Fsp3) is 0.0417. The maximum atomic E-state index is 13.0. The lowest BCUT2D eigenvalue weighted by Gasteiger charge is -2.16. The van der Waals surface area contributed by atoms with Crippen molar-refractivity contribution in [3.8, 4) is 0 Å². The SMILES string of the molecule is O=C(NCc1ccccc1)c1cccc(NC2=C(Cl)C(=O)N(c3ccc(Cl)c(Cl)c3)C2=O)c1. The molecular weight excluding hydrogens is 485 g/mol. The monoisotopic (exact) mass is 499 g/mol. The van der Waals surface area contributed by atoms with Gasteiger partial charge in [0.2, 0.25) is 0 Å². The molecule has 4 rings (SSSR count). The van der Waals surface area contributed by atoms with E-state index in [0.717, 1.165) is 10.5 Å². The summed E-state index contributed by atoms with van der Waals surface area (Å²) in [6, 6.07) is 20.4. The predicted molar refractivity (Wildman–Crippen MR) is 130 cm³/mol. The predicted octanol–water partition coefficient (Wildman–Crippen LogP) is 5.36. The van der Waals surface area contributed by atoms with E-state index in [-0.39, 0.29) is 27.3 Å². The minimum Gasteiger partial charge on any atom is -0.350 e. The number of hydrogen-bond donors (Lipinski definition) is 2. The molecule has 9 heteroatoms. The Balaban J connectivity index is 1.50. The van der Waals surface area contributed by atoms with Crippen LogP contribution in [0.15, 0.2) is 83.5 Å². The molecule has 0 spiro atoms. The molecule has 3 amide bonds. The molecule has 0 fully saturated rings. The van der Waals surface area contributed by atoms with Crippen LogP contribution < -0.4 is 15.5 Å². The van der Waals surface area contributed by atoms with Crippen LogP contribution in [-0.2, 0) is 16.1 Å². The number of carbonyl (C=O) groups excluding carboxylic acids is 3. The number of nitrogens with one attached hydrogen (secondary N) is 2. The number of imide groups is 1. The second kappa shape index (κ2) is 9.67. The summed E-state index contributed by atoms with van der Waals surface area (Å²) in [7, 11) is 0. The number of halogens is 3. The van der Waals surface area contributed by atoms with Gasteiger partial charge in [-0.3, -0.25) is 14.4 Å². The van der Waals surface area contributed by atoms with Gasteiger partial charge in [0.1, 0.15) is 10.7 Å². The van der Waals surface area contributed by atoms with Crippen molar-refractivity contribution in [1.29, 1.82) is 0 Å². The fourth-order valence-corrected chi connectivity index (χ4v) is 3.74. The molecule has 1 aliphatic heterocycles. The van der Waals surface area contributed by atoms with Crippen LogP contribution in [0.25, 0.3) is 0 Å². The number of nitrogens with zero attached hydrogens (tertiary/aromatic N) is 1. The first-order chi connectivity index (χ1) is 15.8. The molecule has 33 heavy (non-hydrogen) atoms. The molecule has 0 aliphatic carbocycles. The maximum Gasteiger partial charge on any atom is 0.283 e. The van der Waals surface area contributed by atoms with Crippen molar-refractivity contribution < 1.29 is 14.4 Å². The van der Waals surface area contributed by atoms with Gasteiger partial charge in [-0.05, 0) is 42.0 Å². The summed E-state index contributed by atoms with van der Waals surface area (Å²) in [5.41, 5.74) is 1.91. The molecule has 3 aromatic carbocycles. The van der Waals surface area contributed by atoms with E-state index in [1.54, 1.807) is 24.3 Å². The third-order valence-electron chi connectivity index (χ3n) is 4.88. The quantitative estimate of drug-likeness (QED) is 0.447. The summed E-state index contributed by atoms with van der Waals surface area (Å²) in [5, 5.41) is 5.92. The van der Waals surface area contributed by atoms with Crippen molar-refractivity contribution in [2.24, 2.45) is 0 Å². The van der Waals surface area contributed by atoms with E-state index in [1.165, 1.54) is 18.2 Å². The Morgan fingerprint density at radius 1 is 0.818 bits per heavy atom. The number of anilines is 2. The first-order valence-corrected chi connectivity index (χ1v) is 10.9. The van der Waals surface area contributed by atoms with Crippen molar-refractivity contribution in [3.63, 3.8) is 0 Å². The highest BCUT2D eigenvalue weighted by atomic mass is 35.5. The van der Waals surface area contributed by atoms with Crippen molar-refractivity contribution >= 4 is 63.9 Å². The van der Waals surface area contributed by atoms with E-state index < -0.39 is 11.8 Å². The van der Waals surface area contributed by atoms with Gasteiger partial charge in [0.05, 0.1) is 15.7 Å². The Hall–Kier alpha value is -3.32. The zero-order valence-electron chi connectivity index (χ0n) is 16.9. The summed E-state index contributed by atoms with van der Waals surface area (Å²) >= 11 is 18.1. The molecule has 6 nitrogen and oxygen atoms in total. The van der Waals surface area contributed by atoms with Gasteiger partial charge in [-0.2, -0.15) is 0 Å². The van der Waals surface area contributed by atoms with Crippen LogP contribution in [0.3, 0.4) is 0 Å². The summed E-state index contributed by atoms with van der Waals surface area (Å²) in [4.78, 5) is 39.1. The lowest BCUT2D eigenvalue weighted by Crippen LogP contribution is -2.32. The molecule has 0 saturated carbocycles. The van der Waals surface area contributed by atoms with E-state index in [9.17, 15) is 14.4 Å². The van der Waals surface area contributed by atoms with Gasteiger partial charge in [-0.1, -0.05) is 71.2 Å². The molecule has 3 aromatic rings. The average Bonchev–Trinajstić information content (AvgIpc) is 3.03. The fourth-order valence-electron chi connectivity index (χ4n) is 3.23. The largest absolute Gasteiger partial charge is 0.350 e. The molecule has 0 atom stereocenters. The molecule has 0 bridgehead atoms. The van der Waals surface area contributed by atoms with E-state index in [1.807, 2.05) is 30.3 Å². The van der Waals surface area contributed by atoms with Crippen molar-refractivity contribution in [3.05, 3.63) is 105 Å². The van der Waals surface area contributed by atoms with Crippen molar-refractivity contribution in [1.82, 2.24) is 5.32 Å². The Bertz CT molecular complexity index is 1290. The molecule has 0 radical (unpaired) electrons. The molecule has 1 heterocycles. The average molecular weight is 501 g/mol. The van der Waals surface area contributed by atoms with E-state index in [0.29, 0.717) is 22.8 Å². The Morgan fingerprint density at radius 3 is 2.30 bits per heavy atom. The van der Waals surface area contributed by atoms with E-state index in [4.69, 9.17) is 34.8 Å². The Kier molecular flexibility index (Phi) is 6.70. The van der Waals surface area contributed by atoms with E-state index >= 15 is 0 Å². The molecule has 0 saturated heterocycles. The standard InChI is InChI=1S/C24H16Cl3N3O3/c25-18-10-9-17(12-19(18)26)30-23(32)20(27)21(24(30)33)29-16-8-4-7-15(11-16)22(31)28-13-14-5-2-1-3-6-14/h1-12,29H,13H2,(H,28,31). The highest BCUT2D eigenvalue weighted by Gasteiger charge is 2.39. The van der Waals surface area contributed by atoms with Crippen LogP contribution >= 0.6 is 34.8 Å². The molecule has 2 N–H and O–H groups in total. The molecule has 1 aliphatic rings. The highest BCUT2D eigenvalue weighted by Crippen LogP contribution is 2.33. The van der Waals surface area contributed by atoms with Crippen molar-refractivity contribution in [2.75, 3.05) is 10.2 Å². The first kappa shape index (κ1) is 22.9. The smallest absolute Gasteiger partial charge is 0.283 e. The number of carbonyl (C=O) groups is 3. The summed E-state index contributed by atoms with van der Waals surface area (Å²) < 4.78 is 0. The Morgan fingerprint density at radius 2 is 1.58 bits per heavy atom. The van der Waals surface area contributed by atoms with Gasteiger partial charge >= 0.3 is 0 Å². The van der Waals surface area contributed by atoms with Crippen molar-refractivity contribution in [2.45, 2.75) is 6.54 Å². The third-order valence-corrected chi connectivity index (χ3v) is 5.97. The third kappa shape index (κ3) is 4.88. The molecular formula is C24H16Cl3N3O3. The van der Waals surface area contributed by atoms with E-state index in [2.05, 4.69) is 10.6 Å².